The standard InChI is InChI=1S/C48H34N2/c1-2-4-24-43-33(16-3-1)30-42-47(50-44-25-12-11-23-41(44)48(42)49-43)36-18-13-17-34(29-36)45-37-19-7-9-21-39(37)46(40-22-10-8-20-38(40)45)35-27-26-31-14-5-6-15-32(31)28-35/h1-2,4-15,17-29,33H,3,16,30H2/b2-1-,24-4-/t33-/m0/s1. The summed E-state index contributed by atoms with van der Waals surface area (Å²) in [5.74, 6) is 0.379. The zero-order valence-electron chi connectivity index (χ0n) is 27.7. The van der Waals surface area contributed by atoms with Crippen molar-refractivity contribution in [1.82, 2.24) is 4.98 Å². The van der Waals surface area contributed by atoms with Crippen molar-refractivity contribution in [3.05, 3.63) is 169 Å². The van der Waals surface area contributed by atoms with Crippen molar-refractivity contribution < 1.29 is 0 Å². The Bertz CT molecular complexity index is 2690. The van der Waals surface area contributed by atoms with Crippen molar-refractivity contribution in [2.75, 3.05) is 0 Å². The van der Waals surface area contributed by atoms with Crippen LogP contribution in [0.2, 0.25) is 0 Å². The summed E-state index contributed by atoms with van der Waals surface area (Å²) in [5.41, 5.74) is 11.7. The van der Waals surface area contributed by atoms with Crippen LogP contribution in [0.5, 0.6) is 0 Å². The predicted molar refractivity (Wildman–Crippen MR) is 212 cm³/mol. The molecule has 1 aliphatic heterocycles. The van der Waals surface area contributed by atoms with Gasteiger partial charge in [-0.05, 0) is 98.1 Å². The molecule has 10 rings (SSSR count). The highest BCUT2D eigenvalue weighted by molar-refractivity contribution is 6.22. The van der Waals surface area contributed by atoms with Gasteiger partial charge in [-0.25, -0.2) is 4.98 Å². The van der Waals surface area contributed by atoms with Gasteiger partial charge in [-0.1, -0.05) is 140 Å². The van der Waals surface area contributed by atoms with Crippen LogP contribution in [0.15, 0.2) is 169 Å². The fourth-order valence-corrected chi connectivity index (χ4v) is 8.33. The molecule has 0 amide bonds. The number of rotatable bonds is 3. The molecule has 7 aromatic carbocycles. The predicted octanol–water partition coefficient (Wildman–Crippen LogP) is 12.8. The van der Waals surface area contributed by atoms with Crippen LogP contribution in [-0.4, -0.2) is 10.7 Å². The number of nitrogens with zero attached hydrogens (tertiary/aromatic N) is 2. The Hall–Kier alpha value is -6.12. The average molecular weight is 639 g/mol. The highest BCUT2D eigenvalue weighted by Crippen LogP contribution is 2.46. The molecule has 50 heavy (non-hydrogen) atoms. The second kappa shape index (κ2) is 11.8. The minimum absolute atomic E-state index is 0.379. The van der Waals surface area contributed by atoms with E-state index in [1.165, 1.54) is 65.8 Å². The van der Waals surface area contributed by atoms with Gasteiger partial charge < -0.3 is 0 Å². The minimum Gasteiger partial charge on any atom is -0.252 e. The summed E-state index contributed by atoms with van der Waals surface area (Å²) in [4.78, 5) is 10.7. The maximum absolute atomic E-state index is 5.38. The summed E-state index contributed by atoms with van der Waals surface area (Å²) in [6, 6.07) is 50.9. The van der Waals surface area contributed by atoms with Crippen LogP contribution in [0, 0.1) is 5.92 Å². The number of hydrogen-bond acceptors (Lipinski definition) is 2. The van der Waals surface area contributed by atoms with Gasteiger partial charge in [-0.15, -0.1) is 0 Å². The Morgan fingerprint density at radius 3 is 1.92 bits per heavy atom. The molecule has 0 radical (unpaired) electrons. The molecule has 0 saturated carbocycles. The number of hydrogen-bond donors (Lipinski definition) is 0. The molecule has 0 bridgehead atoms. The lowest BCUT2D eigenvalue weighted by Crippen LogP contribution is -2.20. The largest absolute Gasteiger partial charge is 0.252 e. The van der Waals surface area contributed by atoms with E-state index in [1.54, 1.807) is 0 Å². The molecule has 2 aliphatic rings. The van der Waals surface area contributed by atoms with E-state index in [1.807, 2.05) is 0 Å². The van der Waals surface area contributed by atoms with E-state index in [4.69, 9.17) is 9.98 Å². The monoisotopic (exact) mass is 638 g/mol. The number of benzene rings is 7. The second-order valence-electron chi connectivity index (χ2n) is 13.6. The topological polar surface area (TPSA) is 25.2 Å². The van der Waals surface area contributed by atoms with Crippen LogP contribution in [0.3, 0.4) is 0 Å². The molecule has 1 aliphatic carbocycles. The third-order valence-electron chi connectivity index (χ3n) is 10.7. The van der Waals surface area contributed by atoms with Gasteiger partial charge in [-0.2, -0.15) is 0 Å². The number of aliphatic imine (C=N–C) groups is 1. The lowest BCUT2D eigenvalue weighted by molar-refractivity contribution is 0.624. The van der Waals surface area contributed by atoms with Gasteiger partial charge in [0.15, 0.2) is 0 Å². The maximum Gasteiger partial charge on any atom is 0.0781 e. The van der Waals surface area contributed by atoms with Crippen molar-refractivity contribution in [3.8, 4) is 33.5 Å². The second-order valence-corrected chi connectivity index (χ2v) is 13.6. The fraction of sp³-hybridized carbons (Fsp3) is 0.0833. The normalized spacial score (nSPS) is 16.8. The first kappa shape index (κ1) is 28.9. The summed E-state index contributed by atoms with van der Waals surface area (Å²) >= 11 is 0. The van der Waals surface area contributed by atoms with Gasteiger partial charge in [0.05, 0.1) is 16.9 Å². The van der Waals surface area contributed by atoms with Crippen molar-refractivity contribution in [3.63, 3.8) is 0 Å². The summed E-state index contributed by atoms with van der Waals surface area (Å²) in [6.45, 7) is 0. The zero-order valence-corrected chi connectivity index (χ0v) is 27.7. The van der Waals surface area contributed by atoms with Crippen LogP contribution in [0.1, 0.15) is 18.4 Å². The Morgan fingerprint density at radius 1 is 0.520 bits per heavy atom. The molecule has 0 N–H and O–H groups in total. The molecule has 1 aromatic heterocycles. The first-order chi connectivity index (χ1) is 24.8. The average Bonchev–Trinajstić information content (AvgIpc) is 3.16. The van der Waals surface area contributed by atoms with E-state index in [2.05, 4.69) is 164 Å². The van der Waals surface area contributed by atoms with E-state index in [9.17, 15) is 0 Å². The number of fused-ring (bicyclic) bond motifs is 7. The summed E-state index contributed by atoms with van der Waals surface area (Å²) in [5, 5.41) is 8.66. The Morgan fingerprint density at radius 2 is 1.16 bits per heavy atom. The molecule has 0 fully saturated rings. The molecule has 0 spiro atoms. The van der Waals surface area contributed by atoms with Gasteiger partial charge in [0.25, 0.3) is 0 Å². The lowest BCUT2D eigenvalue weighted by atomic mass is 9.83. The van der Waals surface area contributed by atoms with Crippen LogP contribution < -0.4 is 0 Å². The van der Waals surface area contributed by atoms with Gasteiger partial charge in [0, 0.05) is 28.1 Å². The van der Waals surface area contributed by atoms with Crippen molar-refractivity contribution in [2.45, 2.75) is 19.3 Å². The molecule has 2 heteroatoms. The Balaban J connectivity index is 1.20. The summed E-state index contributed by atoms with van der Waals surface area (Å²) in [7, 11) is 0. The van der Waals surface area contributed by atoms with Crippen molar-refractivity contribution in [1.29, 1.82) is 0 Å². The third kappa shape index (κ3) is 4.71. The SMILES string of the molecule is C1=C\CC[C@H]2Cc3c(-c4cccc(-c5c6ccccc6c(-c6ccc7ccccc7c6)c6ccccc56)c4)nc4ccccc4c3N=C2\C=C/1. The van der Waals surface area contributed by atoms with Crippen molar-refractivity contribution >= 4 is 54.6 Å². The van der Waals surface area contributed by atoms with Crippen LogP contribution >= 0.6 is 0 Å². The molecule has 0 unspecified atom stereocenters. The third-order valence-corrected chi connectivity index (χ3v) is 10.7. The van der Waals surface area contributed by atoms with Gasteiger partial charge in [-0.3, -0.25) is 4.99 Å². The van der Waals surface area contributed by atoms with E-state index >= 15 is 0 Å². The van der Waals surface area contributed by atoms with E-state index in [0.717, 1.165) is 47.1 Å². The Labute approximate surface area is 291 Å². The quantitative estimate of drug-likeness (QED) is 0.177. The number of para-hydroxylation sites is 1. The van der Waals surface area contributed by atoms with Gasteiger partial charge >= 0.3 is 0 Å². The Kier molecular flexibility index (Phi) is 6.80. The smallest absolute Gasteiger partial charge is 0.0781 e. The number of pyridine rings is 1. The van der Waals surface area contributed by atoms with Crippen LogP contribution in [-0.2, 0) is 6.42 Å². The molecular weight excluding hydrogens is 605 g/mol. The summed E-state index contributed by atoms with van der Waals surface area (Å²) in [6.07, 6.45) is 11.9. The van der Waals surface area contributed by atoms with E-state index < -0.39 is 0 Å². The van der Waals surface area contributed by atoms with E-state index in [-0.39, 0.29) is 0 Å². The van der Waals surface area contributed by atoms with Gasteiger partial charge in [0.1, 0.15) is 0 Å². The lowest BCUT2D eigenvalue weighted by Gasteiger charge is -2.26. The number of allylic oxidation sites excluding steroid dienone is 4. The molecule has 0 saturated heterocycles. The highest BCUT2D eigenvalue weighted by atomic mass is 14.8. The molecule has 236 valence electrons. The first-order valence-corrected chi connectivity index (χ1v) is 17.7. The molecular formula is C48H34N2. The molecule has 8 aromatic rings. The number of aromatic nitrogens is 1. The van der Waals surface area contributed by atoms with Gasteiger partial charge in [0.2, 0.25) is 0 Å². The van der Waals surface area contributed by atoms with E-state index in [0.29, 0.717) is 5.92 Å². The summed E-state index contributed by atoms with van der Waals surface area (Å²) < 4.78 is 0. The van der Waals surface area contributed by atoms with Crippen LogP contribution in [0.4, 0.5) is 5.69 Å². The molecule has 2 heterocycles. The fourth-order valence-electron chi connectivity index (χ4n) is 8.33. The first-order valence-electron chi connectivity index (χ1n) is 17.7. The molecule has 2 nitrogen and oxygen atoms in total. The zero-order chi connectivity index (χ0) is 33.0. The minimum atomic E-state index is 0.379. The highest BCUT2D eigenvalue weighted by Gasteiger charge is 2.27. The van der Waals surface area contributed by atoms with Crippen LogP contribution in [0.25, 0.3) is 76.7 Å². The molecule has 1 atom stereocenters. The maximum atomic E-state index is 5.38. The van der Waals surface area contributed by atoms with Crippen molar-refractivity contribution in [2.24, 2.45) is 10.9 Å².